The Hall–Kier alpha value is -2.99. The summed E-state index contributed by atoms with van der Waals surface area (Å²) in [6.07, 6.45) is 1.07. The number of benzene rings is 2. The maximum atomic E-state index is 12.4. The number of hydrogen-bond donors (Lipinski definition) is 4. The van der Waals surface area contributed by atoms with E-state index in [2.05, 4.69) is 10.3 Å². The minimum atomic E-state index is -4.02. The molecule has 0 unspecified atom stereocenters. The van der Waals surface area contributed by atoms with Crippen LogP contribution in [0.15, 0.2) is 63.7 Å². The van der Waals surface area contributed by atoms with Crippen LogP contribution in [0.3, 0.4) is 0 Å². The smallest absolute Gasteiger partial charge is 0.295 e. The zero-order valence-electron chi connectivity index (χ0n) is 17.5. The van der Waals surface area contributed by atoms with E-state index in [1.54, 1.807) is 30.3 Å². The van der Waals surface area contributed by atoms with Gasteiger partial charge in [-0.15, -0.1) is 0 Å². The Labute approximate surface area is 185 Å². The molecule has 32 heavy (non-hydrogen) atoms. The van der Waals surface area contributed by atoms with Crippen LogP contribution in [0.2, 0.25) is 0 Å². The number of nitrogens with zero attached hydrogens (tertiary/aromatic N) is 1. The summed E-state index contributed by atoms with van der Waals surface area (Å²) in [6, 6.07) is 11.6. The Morgan fingerprint density at radius 2 is 2.00 bits per heavy atom. The second-order valence-electron chi connectivity index (χ2n) is 6.70. The molecule has 0 radical (unpaired) electrons. The van der Waals surface area contributed by atoms with E-state index in [0.717, 1.165) is 5.56 Å². The zero-order chi connectivity index (χ0) is 23.6. The number of aryl methyl sites for hydroxylation is 1. The summed E-state index contributed by atoms with van der Waals surface area (Å²) >= 11 is 0. The molecule has 0 spiro atoms. The van der Waals surface area contributed by atoms with Gasteiger partial charge >= 0.3 is 0 Å². The predicted molar refractivity (Wildman–Crippen MR) is 119 cm³/mol. The number of rotatable bonds is 9. The van der Waals surface area contributed by atoms with E-state index >= 15 is 0 Å². The largest absolute Gasteiger partial charge is 0.489 e. The summed E-state index contributed by atoms with van der Waals surface area (Å²) in [5, 5.41) is 11.7. The normalized spacial score (nSPS) is 11.7. The molecule has 1 aromatic heterocycles. The number of aromatic nitrogens is 1. The summed E-state index contributed by atoms with van der Waals surface area (Å²) in [5.74, 6) is 0.549. The molecule has 5 N–H and O–H groups in total. The van der Waals surface area contributed by atoms with Crippen molar-refractivity contribution < 1.29 is 31.6 Å². The van der Waals surface area contributed by atoms with Crippen molar-refractivity contribution in [3.05, 3.63) is 59.9 Å². The Balaban J connectivity index is 0.000000278. The van der Waals surface area contributed by atoms with Crippen LogP contribution in [0, 0.1) is 6.92 Å². The van der Waals surface area contributed by atoms with Gasteiger partial charge in [-0.1, -0.05) is 17.7 Å². The SMILES string of the molecule is Cc1ccc(S(=O)(=O)O)cc1.NC/C(=C/F)COc1ccc2nc(NCCCO)oc2c1. The number of fused-ring (bicyclic) bond motifs is 1. The van der Waals surface area contributed by atoms with Crippen molar-refractivity contribution in [3.8, 4) is 5.75 Å². The van der Waals surface area contributed by atoms with Gasteiger partial charge in [0.2, 0.25) is 0 Å². The highest BCUT2D eigenvalue weighted by Crippen LogP contribution is 2.24. The molecule has 2 aromatic carbocycles. The first kappa shape index (κ1) is 25.3. The average molecular weight is 468 g/mol. The second-order valence-corrected chi connectivity index (χ2v) is 8.12. The fourth-order valence-corrected chi connectivity index (χ4v) is 2.85. The first-order valence-corrected chi connectivity index (χ1v) is 11.1. The number of aliphatic hydroxyl groups excluding tert-OH is 1. The number of nitrogens with one attached hydrogen (secondary N) is 1. The fourth-order valence-electron chi connectivity index (χ4n) is 2.37. The Morgan fingerprint density at radius 1 is 1.28 bits per heavy atom. The van der Waals surface area contributed by atoms with E-state index in [-0.39, 0.29) is 24.7 Å². The lowest BCUT2D eigenvalue weighted by atomic mass is 10.2. The van der Waals surface area contributed by atoms with Crippen molar-refractivity contribution in [1.29, 1.82) is 0 Å². The molecule has 0 aliphatic heterocycles. The van der Waals surface area contributed by atoms with E-state index in [1.165, 1.54) is 12.1 Å². The van der Waals surface area contributed by atoms with Crippen LogP contribution in [0.25, 0.3) is 11.1 Å². The maximum Gasteiger partial charge on any atom is 0.295 e. The van der Waals surface area contributed by atoms with Gasteiger partial charge in [0.05, 0.1) is 11.2 Å². The number of nitrogens with two attached hydrogens (primary N) is 1. The molecule has 0 aliphatic rings. The molecule has 3 rings (SSSR count). The molecule has 174 valence electrons. The van der Waals surface area contributed by atoms with Crippen molar-refractivity contribution >= 4 is 27.2 Å². The molecule has 1 heterocycles. The standard InChI is InChI=1S/C14H18FN3O3.C7H8O3S/c15-7-10(8-16)9-20-11-2-3-12-13(6-11)21-14(18-12)17-4-1-5-19;1-6-2-4-7(5-3-6)11(8,9)10/h2-3,6-7,19H,1,4-5,8-9,16H2,(H,17,18);2-5H,1H3,(H,8,9,10)/b10-7-;. The highest BCUT2D eigenvalue weighted by molar-refractivity contribution is 7.85. The molecule has 11 heteroatoms. The minimum absolute atomic E-state index is 0.0666. The Morgan fingerprint density at radius 3 is 2.59 bits per heavy atom. The lowest BCUT2D eigenvalue weighted by Crippen LogP contribution is -2.10. The lowest BCUT2D eigenvalue weighted by molar-refractivity contribution is 0.292. The molecule has 0 fully saturated rings. The number of oxazole rings is 1. The van der Waals surface area contributed by atoms with Gasteiger partial charge in [0.25, 0.3) is 16.1 Å². The lowest BCUT2D eigenvalue weighted by Gasteiger charge is -2.06. The quantitative estimate of drug-likeness (QED) is 0.275. The van der Waals surface area contributed by atoms with Gasteiger partial charge in [-0.3, -0.25) is 4.55 Å². The highest BCUT2D eigenvalue weighted by atomic mass is 32.2. The van der Waals surface area contributed by atoms with Crippen LogP contribution < -0.4 is 15.8 Å². The van der Waals surface area contributed by atoms with E-state index in [0.29, 0.717) is 47.7 Å². The van der Waals surface area contributed by atoms with Crippen molar-refractivity contribution in [1.82, 2.24) is 4.98 Å². The predicted octanol–water partition coefficient (Wildman–Crippen LogP) is 3.05. The van der Waals surface area contributed by atoms with E-state index in [4.69, 9.17) is 24.5 Å². The summed E-state index contributed by atoms with van der Waals surface area (Å²) < 4.78 is 52.9. The van der Waals surface area contributed by atoms with Crippen molar-refractivity contribution in [2.75, 3.05) is 31.6 Å². The molecule has 3 aromatic rings. The van der Waals surface area contributed by atoms with Crippen LogP contribution in [-0.4, -0.2) is 49.4 Å². The van der Waals surface area contributed by atoms with Gasteiger partial charge in [0, 0.05) is 31.3 Å². The average Bonchev–Trinajstić information content (AvgIpc) is 3.17. The Kier molecular flexibility index (Phi) is 9.60. The zero-order valence-corrected chi connectivity index (χ0v) is 18.3. The number of hydrogen-bond acceptors (Lipinski definition) is 8. The van der Waals surface area contributed by atoms with Crippen molar-refractivity contribution in [2.24, 2.45) is 5.73 Å². The van der Waals surface area contributed by atoms with Crippen LogP contribution in [-0.2, 0) is 10.1 Å². The first-order valence-electron chi connectivity index (χ1n) is 9.67. The van der Waals surface area contributed by atoms with Gasteiger partial charge < -0.3 is 25.3 Å². The summed E-state index contributed by atoms with van der Waals surface area (Å²) in [4.78, 5) is 4.18. The van der Waals surface area contributed by atoms with Crippen LogP contribution in [0.5, 0.6) is 5.75 Å². The molecule has 0 bridgehead atoms. The third kappa shape index (κ3) is 7.93. The topological polar surface area (TPSA) is 148 Å². The third-order valence-corrected chi connectivity index (χ3v) is 5.00. The van der Waals surface area contributed by atoms with Crippen molar-refractivity contribution in [3.63, 3.8) is 0 Å². The van der Waals surface area contributed by atoms with E-state index < -0.39 is 10.1 Å². The van der Waals surface area contributed by atoms with Gasteiger partial charge in [-0.25, -0.2) is 4.39 Å². The second kappa shape index (κ2) is 12.2. The molecule has 9 nitrogen and oxygen atoms in total. The van der Waals surface area contributed by atoms with Gasteiger partial charge in [0.1, 0.15) is 17.9 Å². The molecule has 0 atom stereocenters. The molecular weight excluding hydrogens is 441 g/mol. The van der Waals surface area contributed by atoms with E-state index in [1.807, 2.05) is 6.92 Å². The summed E-state index contributed by atoms with van der Waals surface area (Å²) in [5.41, 5.74) is 7.94. The molecular formula is C21H26FN3O6S. The Bertz CT molecular complexity index is 1130. The van der Waals surface area contributed by atoms with Crippen LogP contribution in [0.1, 0.15) is 12.0 Å². The molecule has 0 saturated heterocycles. The number of halogens is 1. The fraction of sp³-hybridized carbons (Fsp3) is 0.286. The summed E-state index contributed by atoms with van der Waals surface area (Å²) in [6.45, 7) is 2.73. The van der Waals surface area contributed by atoms with Crippen LogP contribution >= 0.6 is 0 Å². The maximum absolute atomic E-state index is 12.4. The van der Waals surface area contributed by atoms with Crippen molar-refractivity contribution in [2.45, 2.75) is 18.2 Å². The van der Waals surface area contributed by atoms with Gasteiger partial charge in [0.15, 0.2) is 5.58 Å². The highest BCUT2D eigenvalue weighted by Gasteiger charge is 2.08. The first-order chi connectivity index (χ1) is 15.3. The minimum Gasteiger partial charge on any atom is -0.489 e. The monoisotopic (exact) mass is 467 g/mol. The van der Waals surface area contributed by atoms with Gasteiger partial charge in [-0.05, 0) is 37.6 Å². The van der Waals surface area contributed by atoms with Crippen LogP contribution in [0.4, 0.5) is 10.4 Å². The number of anilines is 1. The number of ether oxygens (including phenoxy) is 1. The molecule has 0 amide bonds. The summed E-state index contributed by atoms with van der Waals surface area (Å²) in [7, 11) is -4.02. The van der Waals surface area contributed by atoms with E-state index in [9.17, 15) is 12.8 Å². The molecule has 0 saturated carbocycles. The van der Waals surface area contributed by atoms with Gasteiger partial charge in [-0.2, -0.15) is 13.4 Å². The third-order valence-electron chi connectivity index (χ3n) is 4.13. The molecule has 0 aliphatic carbocycles. The number of aliphatic hydroxyl groups is 1.